The van der Waals surface area contributed by atoms with Crippen LogP contribution in [0, 0.1) is 0 Å². The van der Waals surface area contributed by atoms with Crippen molar-refractivity contribution < 1.29 is 0 Å². The van der Waals surface area contributed by atoms with Crippen LogP contribution in [0.4, 0.5) is 0 Å². The molecule has 0 fully saturated rings. The van der Waals surface area contributed by atoms with E-state index in [-0.39, 0.29) is 5.69 Å². The first-order valence-corrected chi connectivity index (χ1v) is 10.1. The summed E-state index contributed by atoms with van der Waals surface area (Å²) in [5.41, 5.74) is 5.81. The van der Waals surface area contributed by atoms with E-state index < -0.39 is 0 Å². The summed E-state index contributed by atoms with van der Waals surface area (Å²) >= 11 is 0. The van der Waals surface area contributed by atoms with Crippen molar-refractivity contribution in [1.82, 2.24) is 9.97 Å². The molecule has 0 aliphatic rings. The molecule has 0 spiro atoms. The van der Waals surface area contributed by atoms with Gasteiger partial charge in [-0.25, -0.2) is 4.79 Å². The van der Waals surface area contributed by atoms with Gasteiger partial charge in [0.05, 0.1) is 5.69 Å². The first-order valence-electron chi connectivity index (χ1n) is 10.1. The number of aromatic amines is 1. The van der Waals surface area contributed by atoms with E-state index in [1.54, 1.807) is 0 Å². The Morgan fingerprint density at radius 2 is 1.21 bits per heavy atom. The lowest BCUT2D eigenvalue weighted by Gasteiger charge is -2.05. The molecular weight excluding hydrogens is 356 g/mol. The molecule has 0 aliphatic carbocycles. The van der Waals surface area contributed by atoms with Crippen LogP contribution < -0.4 is 5.69 Å². The van der Waals surface area contributed by atoms with Crippen molar-refractivity contribution in [2.75, 3.05) is 0 Å². The van der Waals surface area contributed by atoms with Crippen LogP contribution in [0.2, 0.25) is 0 Å². The summed E-state index contributed by atoms with van der Waals surface area (Å²) in [4.78, 5) is 18.8. The van der Waals surface area contributed by atoms with Gasteiger partial charge in [0, 0.05) is 5.69 Å². The Kier molecular flexibility index (Phi) is 6.61. The summed E-state index contributed by atoms with van der Waals surface area (Å²) in [6.07, 6.45) is 7.74. The highest BCUT2D eigenvalue weighted by molar-refractivity contribution is 5.71. The third-order valence-corrected chi connectivity index (χ3v) is 4.89. The molecule has 1 N–H and O–H groups in total. The molecule has 0 amide bonds. The molecule has 0 aliphatic heterocycles. The van der Waals surface area contributed by atoms with E-state index in [9.17, 15) is 4.79 Å². The molecule has 0 bridgehead atoms. The van der Waals surface area contributed by atoms with Crippen LogP contribution in [-0.2, 0) is 0 Å². The number of aromatic nitrogens is 2. The minimum absolute atomic E-state index is 0.350. The molecule has 0 saturated heterocycles. The molecule has 3 nitrogen and oxygen atoms in total. The summed E-state index contributed by atoms with van der Waals surface area (Å²) < 4.78 is 0. The predicted molar refractivity (Wildman–Crippen MR) is 124 cm³/mol. The van der Waals surface area contributed by atoms with E-state index in [0.29, 0.717) is 17.5 Å². The van der Waals surface area contributed by atoms with Gasteiger partial charge in [0.15, 0.2) is 0 Å². The van der Waals surface area contributed by atoms with Gasteiger partial charge in [-0.15, -0.1) is 0 Å². The molecule has 0 unspecified atom stereocenters. The molecule has 3 heteroatoms. The largest absolute Gasteiger partial charge is 0.345 e. The zero-order valence-corrected chi connectivity index (χ0v) is 17.5. The van der Waals surface area contributed by atoms with Crippen molar-refractivity contribution in [3.8, 4) is 0 Å². The van der Waals surface area contributed by atoms with Crippen LogP contribution in [0.3, 0.4) is 0 Å². The van der Waals surface area contributed by atoms with Crippen LogP contribution in [0.15, 0.2) is 59.4 Å². The zero-order valence-electron chi connectivity index (χ0n) is 17.5. The molecule has 3 rings (SSSR count). The fourth-order valence-corrected chi connectivity index (χ4v) is 3.02. The molecule has 148 valence electrons. The van der Waals surface area contributed by atoms with Gasteiger partial charge in [-0.2, -0.15) is 4.98 Å². The quantitative estimate of drug-likeness (QED) is 0.537. The number of hydrogen-bond donors (Lipinski definition) is 1. The van der Waals surface area contributed by atoms with Crippen LogP contribution in [0.1, 0.15) is 73.2 Å². The van der Waals surface area contributed by atoms with Gasteiger partial charge < -0.3 is 4.98 Å². The van der Waals surface area contributed by atoms with Crippen molar-refractivity contribution in [3.63, 3.8) is 0 Å². The molecule has 3 aromatic rings. The Morgan fingerprint density at radius 1 is 0.724 bits per heavy atom. The average molecular weight is 385 g/mol. The van der Waals surface area contributed by atoms with Crippen molar-refractivity contribution >= 4 is 24.3 Å². The first-order chi connectivity index (χ1) is 13.9. The molecular formula is C26H28N2O. The molecule has 2 aromatic carbocycles. The van der Waals surface area contributed by atoms with Gasteiger partial charge in [-0.05, 0) is 52.3 Å². The second-order valence-corrected chi connectivity index (χ2v) is 7.88. The number of nitrogens with one attached hydrogen (secondary N) is 1. The van der Waals surface area contributed by atoms with Gasteiger partial charge >= 0.3 is 5.69 Å². The Labute approximate surface area is 172 Å². The highest BCUT2D eigenvalue weighted by atomic mass is 16.1. The molecule has 0 saturated carbocycles. The monoisotopic (exact) mass is 384 g/mol. The van der Waals surface area contributed by atoms with Gasteiger partial charge in [0.2, 0.25) is 0 Å². The van der Waals surface area contributed by atoms with E-state index in [2.05, 4.69) is 86.2 Å². The first kappa shape index (κ1) is 20.5. The summed E-state index contributed by atoms with van der Waals surface area (Å²) in [6, 6.07) is 18.8. The zero-order chi connectivity index (χ0) is 20.8. The Hall–Kier alpha value is -3.20. The minimum Gasteiger partial charge on any atom is -0.306 e. The Balaban J connectivity index is 1.76. The lowest BCUT2D eigenvalue weighted by Crippen LogP contribution is -2.12. The lowest BCUT2D eigenvalue weighted by molar-refractivity contribution is 0.866. The maximum atomic E-state index is 11.9. The second kappa shape index (κ2) is 9.33. The third-order valence-electron chi connectivity index (χ3n) is 4.89. The summed E-state index contributed by atoms with van der Waals surface area (Å²) in [5.74, 6) is 1.03. The van der Waals surface area contributed by atoms with E-state index in [0.717, 1.165) is 16.8 Å². The predicted octanol–water partition coefficient (Wildman–Crippen LogP) is 6.36. The van der Waals surface area contributed by atoms with Crippen molar-refractivity contribution in [2.45, 2.75) is 39.5 Å². The molecule has 29 heavy (non-hydrogen) atoms. The summed E-state index contributed by atoms with van der Waals surface area (Å²) in [6.45, 7) is 8.72. The van der Waals surface area contributed by atoms with Crippen molar-refractivity contribution in [1.29, 1.82) is 0 Å². The van der Waals surface area contributed by atoms with E-state index in [1.807, 2.05) is 30.4 Å². The Morgan fingerprint density at radius 3 is 1.69 bits per heavy atom. The van der Waals surface area contributed by atoms with Gasteiger partial charge in [-0.3, -0.25) is 0 Å². The molecule has 0 radical (unpaired) electrons. The minimum atomic E-state index is -0.350. The standard InChI is InChI=1S/C26H28N2O/c1-18(2)22-11-5-20(6-12-22)9-15-24-17-25(28-26(29)27-24)16-10-21-7-13-23(14-8-21)19(3)4/h5-19H,1-4H3,(H,27,28,29)/b15-9+,16-10+. The maximum absolute atomic E-state index is 11.9. The smallest absolute Gasteiger partial charge is 0.306 e. The van der Waals surface area contributed by atoms with Crippen LogP contribution in [-0.4, -0.2) is 9.97 Å². The van der Waals surface area contributed by atoms with E-state index in [4.69, 9.17) is 0 Å². The normalized spacial score (nSPS) is 11.9. The number of hydrogen-bond acceptors (Lipinski definition) is 2. The second-order valence-electron chi connectivity index (χ2n) is 7.88. The number of benzene rings is 2. The summed E-state index contributed by atoms with van der Waals surface area (Å²) in [7, 11) is 0. The van der Waals surface area contributed by atoms with Crippen LogP contribution in [0.5, 0.6) is 0 Å². The van der Waals surface area contributed by atoms with Crippen molar-refractivity contribution in [2.24, 2.45) is 0 Å². The number of rotatable bonds is 6. The molecule has 1 aromatic heterocycles. The topological polar surface area (TPSA) is 45.8 Å². The molecule has 0 atom stereocenters. The number of H-pyrrole nitrogens is 1. The van der Waals surface area contributed by atoms with Gasteiger partial charge in [0.1, 0.15) is 0 Å². The van der Waals surface area contributed by atoms with E-state index >= 15 is 0 Å². The summed E-state index contributed by atoms with van der Waals surface area (Å²) in [5, 5.41) is 0. The fraction of sp³-hybridized carbons (Fsp3) is 0.231. The van der Waals surface area contributed by atoms with E-state index in [1.165, 1.54) is 11.1 Å². The maximum Gasteiger partial charge on any atom is 0.345 e. The highest BCUT2D eigenvalue weighted by Gasteiger charge is 2.00. The van der Waals surface area contributed by atoms with Gasteiger partial charge in [0.25, 0.3) is 0 Å². The van der Waals surface area contributed by atoms with Gasteiger partial charge in [-0.1, -0.05) is 88.4 Å². The lowest BCUT2D eigenvalue weighted by atomic mass is 10.0. The van der Waals surface area contributed by atoms with Crippen molar-refractivity contribution in [3.05, 3.63) is 98.7 Å². The fourth-order valence-electron chi connectivity index (χ4n) is 3.02. The third kappa shape index (κ3) is 5.89. The SMILES string of the molecule is CC(C)c1ccc(/C=C/c2cc(/C=C/c3ccc(C(C)C)cc3)[nH]c(=O)n2)cc1. The van der Waals surface area contributed by atoms with Crippen LogP contribution in [0.25, 0.3) is 24.3 Å². The highest BCUT2D eigenvalue weighted by Crippen LogP contribution is 2.17. The number of nitrogens with zero attached hydrogens (tertiary/aromatic N) is 1. The Bertz CT molecular complexity index is 970. The average Bonchev–Trinajstić information content (AvgIpc) is 2.71. The van der Waals surface area contributed by atoms with Crippen LogP contribution >= 0.6 is 0 Å². The molecule has 1 heterocycles.